The minimum atomic E-state index is -0.620. The van der Waals surface area contributed by atoms with E-state index in [1.54, 1.807) is 5.57 Å². The summed E-state index contributed by atoms with van der Waals surface area (Å²) in [6.07, 6.45) is 18.1. The van der Waals surface area contributed by atoms with Crippen LogP contribution in [0.2, 0.25) is 0 Å². The normalized spacial score (nSPS) is 43.3. The standard InChI is InChI=1S/C23H32O2/c24-23(25)21-13-20-16-7-3-1-5-14(16)9-11-18(20)19-12-10-15-6-2-4-8-17(15)22(19)21/h13-15,17-19,22H,1-12H2,(H,24,25). The second kappa shape index (κ2) is 6.28. The molecule has 3 fully saturated rings. The van der Waals surface area contributed by atoms with E-state index in [4.69, 9.17) is 0 Å². The smallest absolute Gasteiger partial charge is 0.331 e. The third-order valence-electron chi connectivity index (χ3n) is 8.53. The Kier molecular flexibility index (Phi) is 4.06. The zero-order valence-electron chi connectivity index (χ0n) is 15.4. The zero-order chi connectivity index (χ0) is 17.0. The van der Waals surface area contributed by atoms with E-state index in [2.05, 4.69) is 6.08 Å². The summed E-state index contributed by atoms with van der Waals surface area (Å²) < 4.78 is 0. The second-order valence-corrected chi connectivity index (χ2v) is 9.49. The maximum atomic E-state index is 12.2. The van der Waals surface area contributed by atoms with Crippen molar-refractivity contribution in [3.63, 3.8) is 0 Å². The molecule has 5 aliphatic carbocycles. The molecule has 5 rings (SSSR count). The summed E-state index contributed by atoms with van der Waals surface area (Å²) in [5.74, 6) is 3.27. The molecular weight excluding hydrogens is 308 g/mol. The lowest BCUT2D eigenvalue weighted by atomic mass is 9.52. The summed E-state index contributed by atoms with van der Waals surface area (Å²) in [7, 11) is 0. The van der Waals surface area contributed by atoms with Crippen LogP contribution >= 0.6 is 0 Å². The van der Waals surface area contributed by atoms with E-state index in [9.17, 15) is 9.90 Å². The number of aliphatic carboxylic acids is 1. The van der Waals surface area contributed by atoms with Gasteiger partial charge in [-0.3, -0.25) is 0 Å². The summed E-state index contributed by atoms with van der Waals surface area (Å²) in [5.41, 5.74) is 3.97. The van der Waals surface area contributed by atoms with Crippen LogP contribution in [0, 0.1) is 35.5 Å². The molecule has 6 unspecified atom stereocenters. The largest absolute Gasteiger partial charge is 0.478 e. The van der Waals surface area contributed by atoms with Crippen LogP contribution in [0.4, 0.5) is 0 Å². The molecule has 0 aliphatic heterocycles. The first-order valence-electron chi connectivity index (χ1n) is 10.9. The van der Waals surface area contributed by atoms with Crippen LogP contribution in [0.5, 0.6) is 0 Å². The molecule has 0 heterocycles. The first-order valence-corrected chi connectivity index (χ1v) is 10.9. The minimum Gasteiger partial charge on any atom is -0.478 e. The molecule has 5 aliphatic rings. The summed E-state index contributed by atoms with van der Waals surface area (Å²) in [6, 6.07) is 0. The second-order valence-electron chi connectivity index (χ2n) is 9.49. The van der Waals surface area contributed by atoms with Crippen molar-refractivity contribution in [3.8, 4) is 0 Å². The van der Waals surface area contributed by atoms with E-state index in [1.165, 1.54) is 82.6 Å². The van der Waals surface area contributed by atoms with Crippen LogP contribution in [0.1, 0.15) is 77.0 Å². The fourth-order valence-electron chi connectivity index (χ4n) is 7.55. The highest BCUT2D eigenvalue weighted by atomic mass is 16.4. The van der Waals surface area contributed by atoms with Crippen molar-refractivity contribution < 1.29 is 9.90 Å². The Labute approximate surface area is 151 Å². The lowest BCUT2D eigenvalue weighted by Crippen LogP contribution is -2.45. The summed E-state index contributed by atoms with van der Waals surface area (Å²) in [4.78, 5) is 12.2. The number of carbonyl (C=O) groups is 1. The first kappa shape index (κ1) is 16.1. The summed E-state index contributed by atoms with van der Waals surface area (Å²) in [6.45, 7) is 0. The van der Waals surface area contributed by atoms with Gasteiger partial charge in [-0.05, 0) is 98.5 Å². The highest BCUT2D eigenvalue weighted by molar-refractivity contribution is 5.88. The van der Waals surface area contributed by atoms with E-state index < -0.39 is 5.97 Å². The minimum absolute atomic E-state index is 0.353. The Morgan fingerprint density at radius 2 is 1.72 bits per heavy atom. The van der Waals surface area contributed by atoms with Gasteiger partial charge in [0.25, 0.3) is 0 Å². The Morgan fingerprint density at radius 3 is 2.60 bits per heavy atom. The highest BCUT2D eigenvalue weighted by Crippen LogP contribution is 2.58. The molecule has 2 nitrogen and oxygen atoms in total. The fourth-order valence-corrected chi connectivity index (χ4v) is 7.55. The molecule has 0 amide bonds. The third kappa shape index (κ3) is 2.54. The number of carboxylic acids is 1. The molecule has 25 heavy (non-hydrogen) atoms. The van der Waals surface area contributed by atoms with Gasteiger partial charge in [0.15, 0.2) is 0 Å². The van der Waals surface area contributed by atoms with Gasteiger partial charge in [-0.2, -0.15) is 0 Å². The molecule has 0 aromatic rings. The van der Waals surface area contributed by atoms with Gasteiger partial charge in [-0.15, -0.1) is 0 Å². The van der Waals surface area contributed by atoms with E-state index in [-0.39, 0.29) is 0 Å². The molecule has 0 aromatic heterocycles. The monoisotopic (exact) mass is 340 g/mol. The highest BCUT2D eigenvalue weighted by Gasteiger charge is 2.50. The van der Waals surface area contributed by atoms with Crippen LogP contribution in [0.25, 0.3) is 0 Å². The summed E-state index contributed by atoms with van der Waals surface area (Å²) >= 11 is 0. The number of hydrogen-bond acceptors (Lipinski definition) is 1. The molecular formula is C23H32O2. The lowest BCUT2D eigenvalue weighted by molar-refractivity contribution is -0.134. The molecule has 6 atom stereocenters. The van der Waals surface area contributed by atoms with Crippen LogP contribution in [0.3, 0.4) is 0 Å². The molecule has 0 bridgehead atoms. The van der Waals surface area contributed by atoms with Crippen molar-refractivity contribution in [2.24, 2.45) is 35.5 Å². The summed E-state index contributed by atoms with van der Waals surface area (Å²) in [5, 5.41) is 10.1. The SMILES string of the molecule is O=C(O)C1=CC2=C3CCCCC3CCC2C2CCC3CCCCC3C12. The van der Waals surface area contributed by atoms with E-state index >= 15 is 0 Å². The molecule has 2 heteroatoms. The van der Waals surface area contributed by atoms with Crippen molar-refractivity contribution in [1.82, 2.24) is 0 Å². The molecule has 0 aromatic carbocycles. The zero-order valence-corrected chi connectivity index (χ0v) is 15.4. The van der Waals surface area contributed by atoms with Crippen molar-refractivity contribution in [1.29, 1.82) is 0 Å². The topological polar surface area (TPSA) is 37.3 Å². The molecule has 1 N–H and O–H groups in total. The maximum Gasteiger partial charge on any atom is 0.331 e. The number of rotatable bonds is 1. The molecule has 0 saturated heterocycles. The average molecular weight is 341 g/mol. The molecule has 0 spiro atoms. The van der Waals surface area contributed by atoms with E-state index in [1.807, 2.05) is 0 Å². The van der Waals surface area contributed by atoms with Crippen molar-refractivity contribution in [3.05, 3.63) is 22.8 Å². The fraction of sp³-hybridized carbons (Fsp3) is 0.783. The Morgan fingerprint density at radius 1 is 0.880 bits per heavy atom. The first-order chi connectivity index (χ1) is 12.2. The Balaban J connectivity index is 1.60. The van der Waals surface area contributed by atoms with Crippen molar-refractivity contribution in [2.45, 2.75) is 77.0 Å². The molecule has 3 saturated carbocycles. The van der Waals surface area contributed by atoms with Gasteiger partial charge >= 0.3 is 5.97 Å². The van der Waals surface area contributed by atoms with Gasteiger partial charge in [0.2, 0.25) is 0 Å². The van der Waals surface area contributed by atoms with Crippen molar-refractivity contribution in [2.75, 3.05) is 0 Å². The number of allylic oxidation sites excluding steroid dienone is 3. The van der Waals surface area contributed by atoms with E-state index in [0.29, 0.717) is 23.7 Å². The molecule has 136 valence electrons. The van der Waals surface area contributed by atoms with Crippen LogP contribution in [-0.2, 0) is 4.79 Å². The van der Waals surface area contributed by atoms with Gasteiger partial charge < -0.3 is 5.11 Å². The van der Waals surface area contributed by atoms with E-state index in [0.717, 1.165) is 17.4 Å². The van der Waals surface area contributed by atoms with Crippen LogP contribution < -0.4 is 0 Å². The number of fused-ring (bicyclic) bond motifs is 6. The predicted octanol–water partition coefficient (Wildman–Crippen LogP) is 5.74. The van der Waals surface area contributed by atoms with Gasteiger partial charge in [0, 0.05) is 5.57 Å². The Hall–Kier alpha value is -1.05. The number of carboxylic acid groups (broad SMARTS) is 1. The van der Waals surface area contributed by atoms with Gasteiger partial charge in [0.1, 0.15) is 0 Å². The predicted molar refractivity (Wildman–Crippen MR) is 99.1 cm³/mol. The number of hydrogen-bond donors (Lipinski definition) is 1. The maximum absolute atomic E-state index is 12.2. The Bertz CT molecular complexity index is 628. The third-order valence-corrected chi connectivity index (χ3v) is 8.53. The van der Waals surface area contributed by atoms with Gasteiger partial charge in [-0.1, -0.05) is 31.3 Å². The average Bonchev–Trinajstić information content (AvgIpc) is 2.66. The lowest BCUT2D eigenvalue weighted by Gasteiger charge is -2.52. The molecule has 0 radical (unpaired) electrons. The quantitative estimate of drug-likeness (QED) is 0.661. The van der Waals surface area contributed by atoms with Gasteiger partial charge in [0.05, 0.1) is 0 Å². The van der Waals surface area contributed by atoms with Crippen LogP contribution in [0.15, 0.2) is 22.8 Å². The van der Waals surface area contributed by atoms with Crippen LogP contribution in [-0.4, -0.2) is 11.1 Å². The van der Waals surface area contributed by atoms with Crippen molar-refractivity contribution >= 4 is 5.97 Å². The van der Waals surface area contributed by atoms with Gasteiger partial charge in [-0.25, -0.2) is 4.79 Å².